The Morgan fingerprint density at radius 3 is 1.61 bits per heavy atom. The molecule has 3 aromatic rings. The van der Waals surface area contributed by atoms with Crippen LogP contribution in [-0.2, 0) is 0 Å². The van der Waals surface area contributed by atoms with E-state index in [-0.39, 0.29) is 0 Å². The van der Waals surface area contributed by atoms with Gasteiger partial charge in [-0.1, -0.05) is 101 Å². The van der Waals surface area contributed by atoms with Crippen molar-refractivity contribution in [3.8, 4) is 11.5 Å². The number of halogens is 1. The minimum atomic E-state index is 0.723. The summed E-state index contributed by atoms with van der Waals surface area (Å²) < 4.78 is 12.8. The number of unbranched alkanes of at least 4 members (excludes halogenated alkanes) is 8. The third kappa shape index (κ3) is 6.53. The van der Waals surface area contributed by atoms with Gasteiger partial charge < -0.3 is 9.47 Å². The van der Waals surface area contributed by atoms with Crippen LogP contribution in [0.3, 0.4) is 0 Å². The molecule has 2 nitrogen and oxygen atoms in total. The summed E-state index contributed by atoms with van der Waals surface area (Å²) in [6, 6.07) is 14.5. The summed E-state index contributed by atoms with van der Waals surface area (Å²) >= 11 is 6.39. The number of ether oxygens (including phenoxy) is 2. The second kappa shape index (κ2) is 12.8. The average Bonchev–Trinajstić information content (AvgIpc) is 2.79. The van der Waals surface area contributed by atoms with E-state index in [0.717, 1.165) is 64.1 Å². The fraction of sp³-hybridized carbons (Fsp3) is 0.500. The number of hydrogen-bond donors (Lipinski definition) is 0. The molecular formula is C28H37ClO2. The van der Waals surface area contributed by atoms with E-state index in [4.69, 9.17) is 21.1 Å². The van der Waals surface area contributed by atoms with Gasteiger partial charge in [0.1, 0.15) is 11.5 Å². The summed E-state index contributed by atoms with van der Waals surface area (Å²) in [7, 11) is 0. The first-order valence-electron chi connectivity index (χ1n) is 12.2. The van der Waals surface area contributed by atoms with Gasteiger partial charge in [-0.25, -0.2) is 0 Å². The maximum atomic E-state index is 6.39. The molecule has 31 heavy (non-hydrogen) atoms. The molecule has 0 saturated heterocycles. The molecule has 0 heterocycles. The molecule has 0 unspecified atom stereocenters. The summed E-state index contributed by atoms with van der Waals surface area (Å²) in [6.45, 7) is 5.96. The molecule has 0 atom stereocenters. The molecule has 0 spiro atoms. The van der Waals surface area contributed by atoms with Gasteiger partial charge in [0.15, 0.2) is 0 Å². The molecule has 0 aromatic heterocycles. The van der Waals surface area contributed by atoms with E-state index < -0.39 is 0 Å². The normalized spacial score (nSPS) is 11.3. The maximum absolute atomic E-state index is 6.39. The third-order valence-electron chi connectivity index (χ3n) is 5.88. The second-order valence-electron chi connectivity index (χ2n) is 8.42. The van der Waals surface area contributed by atoms with Crippen LogP contribution in [0.25, 0.3) is 21.5 Å². The Hall–Kier alpha value is -1.93. The van der Waals surface area contributed by atoms with Crippen molar-refractivity contribution in [3.63, 3.8) is 0 Å². The Morgan fingerprint density at radius 1 is 0.581 bits per heavy atom. The number of rotatable bonds is 14. The van der Waals surface area contributed by atoms with Crippen molar-refractivity contribution in [3.05, 3.63) is 47.5 Å². The van der Waals surface area contributed by atoms with Crippen molar-refractivity contribution in [2.45, 2.75) is 78.1 Å². The Balaban J connectivity index is 1.86. The lowest BCUT2D eigenvalue weighted by molar-refractivity contribution is 0.306. The monoisotopic (exact) mass is 440 g/mol. The highest BCUT2D eigenvalue weighted by Gasteiger charge is 2.16. The molecule has 0 aliphatic heterocycles. The van der Waals surface area contributed by atoms with E-state index in [1.165, 1.54) is 51.4 Å². The number of fused-ring (bicyclic) bond motifs is 2. The highest BCUT2D eigenvalue weighted by Crippen LogP contribution is 2.43. The third-order valence-corrected chi connectivity index (χ3v) is 6.11. The lowest BCUT2D eigenvalue weighted by Gasteiger charge is -2.18. The van der Waals surface area contributed by atoms with E-state index in [9.17, 15) is 0 Å². The van der Waals surface area contributed by atoms with Crippen LogP contribution in [0.15, 0.2) is 42.5 Å². The van der Waals surface area contributed by atoms with Crippen molar-refractivity contribution >= 4 is 33.1 Å². The summed E-state index contributed by atoms with van der Waals surface area (Å²) in [6.07, 6.45) is 12.3. The van der Waals surface area contributed by atoms with Gasteiger partial charge in [-0.2, -0.15) is 0 Å². The van der Waals surface area contributed by atoms with Gasteiger partial charge in [-0.3, -0.25) is 0 Å². The van der Waals surface area contributed by atoms with Crippen molar-refractivity contribution in [2.24, 2.45) is 0 Å². The van der Waals surface area contributed by atoms with Crippen LogP contribution < -0.4 is 9.47 Å². The molecule has 3 aromatic carbocycles. The van der Waals surface area contributed by atoms with Gasteiger partial charge in [-0.15, -0.1) is 0 Å². The van der Waals surface area contributed by atoms with Crippen molar-refractivity contribution in [2.75, 3.05) is 13.2 Å². The molecule has 0 radical (unpaired) electrons. The minimum Gasteiger partial charge on any atom is -0.492 e. The largest absolute Gasteiger partial charge is 0.492 e. The molecule has 0 aliphatic rings. The van der Waals surface area contributed by atoms with Crippen molar-refractivity contribution < 1.29 is 9.47 Å². The van der Waals surface area contributed by atoms with Gasteiger partial charge in [0.25, 0.3) is 0 Å². The molecule has 168 valence electrons. The molecule has 0 aliphatic carbocycles. The number of hydrogen-bond acceptors (Lipinski definition) is 2. The highest BCUT2D eigenvalue weighted by molar-refractivity contribution is 6.31. The Labute approximate surface area is 192 Å². The maximum Gasteiger partial charge on any atom is 0.135 e. The summed E-state index contributed by atoms with van der Waals surface area (Å²) in [5.74, 6) is 1.88. The molecule has 3 rings (SSSR count). The van der Waals surface area contributed by atoms with Crippen LogP contribution in [-0.4, -0.2) is 13.2 Å². The molecule has 3 heteroatoms. The molecule has 0 N–H and O–H groups in total. The summed E-state index contributed by atoms with van der Waals surface area (Å²) in [5.41, 5.74) is 0. The van der Waals surface area contributed by atoms with Gasteiger partial charge >= 0.3 is 0 Å². The predicted octanol–water partition coefficient (Wildman–Crippen LogP) is 9.34. The van der Waals surface area contributed by atoms with Gasteiger partial charge in [0.05, 0.1) is 13.2 Å². The topological polar surface area (TPSA) is 18.5 Å². The van der Waals surface area contributed by atoms with Crippen molar-refractivity contribution in [1.29, 1.82) is 0 Å². The van der Waals surface area contributed by atoms with Crippen LogP contribution in [0, 0.1) is 0 Å². The van der Waals surface area contributed by atoms with E-state index in [1.807, 2.05) is 12.1 Å². The molecular weight excluding hydrogens is 404 g/mol. The first-order valence-corrected chi connectivity index (χ1v) is 12.5. The summed E-state index contributed by atoms with van der Waals surface area (Å²) in [4.78, 5) is 0. The Bertz CT molecular complexity index is 951. The van der Waals surface area contributed by atoms with Crippen LogP contribution in [0.1, 0.15) is 78.1 Å². The smallest absolute Gasteiger partial charge is 0.135 e. The zero-order valence-corrected chi connectivity index (χ0v) is 20.0. The van der Waals surface area contributed by atoms with E-state index in [1.54, 1.807) is 0 Å². The fourth-order valence-corrected chi connectivity index (χ4v) is 4.31. The van der Waals surface area contributed by atoms with Crippen molar-refractivity contribution in [1.82, 2.24) is 0 Å². The van der Waals surface area contributed by atoms with Crippen LogP contribution in [0.4, 0.5) is 0 Å². The quantitative estimate of drug-likeness (QED) is 0.183. The van der Waals surface area contributed by atoms with Crippen LogP contribution >= 0.6 is 11.6 Å². The molecule has 0 amide bonds. The molecule has 0 bridgehead atoms. The Kier molecular flexibility index (Phi) is 9.81. The first-order chi connectivity index (χ1) is 15.3. The zero-order valence-electron chi connectivity index (χ0n) is 19.2. The summed E-state index contributed by atoms with van der Waals surface area (Å²) in [5, 5.41) is 5.07. The van der Waals surface area contributed by atoms with Crippen LogP contribution in [0.2, 0.25) is 5.02 Å². The van der Waals surface area contributed by atoms with Gasteiger partial charge in [0.2, 0.25) is 0 Å². The SMILES string of the molecule is CCCCCCCOc1c2ccccc2c(OCCCCCCC)c2cc(Cl)ccc12. The van der Waals surface area contributed by atoms with Crippen LogP contribution in [0.5, 0.6) is 11.5 Å². The highest BCUT2D eigenvalue weighted by atomic mass is 35.5. The Morgan fingerprint density at radius 2 is 1.06 bits per heavy atom. The first kappa shape index (κ1) is 23.7. The fourth-order valence-electron chi connectivity index (χ4n) is 4.14. The predicted molar refractivity (Wildman–Crippen MR) is 135 cm³/mol. The minimum absolute atomic E-state index is 0.723. The number of benzene rings is 3. The average molecular weight is 441 g/mol. The molecule has 0 fully saturated rings. The standard InChI is InChI=1S/C28H37ClO2/c1-3-5-7-9-13-19-30-27-23-15-11-12-16-24(23)28(31-20-14-10-8-6-4-2)26-21-22(29)17-18-25(26)27/h11-12,15-18,21H,3-10,13-14,19-20H2,1-2H3. The second-order valence-corrected chi connectivity index (χ2v) is 8.86. The zero-order chi connectivity index (χ0) is 21.9. The van der Waals surface area contributed by atoms with E-state index >= 15 is 0 Å². The van der Waals surface area contributed by atoms with E-state index in [0.29, 0.717) is 0 Å². The molecule has 0 saturated carbocycles. The lowest BCUT2D eigenvalue weighted by Crippen LogP contribution is -2.02. The van der Waals surface area contributed by atoms with E-state index in [2.05, 4.69) is 44.2 Å². The van der Waals surface area contributed by atoms with Gasteiger partial charge in [0, 0.05) is 26.6 Å². The lowest BCUT2D eigenvalue weighted by atomic mass is 10.0. The van der Waals surface area contributed by atoms with Gasteiger partial charge in [-0.05, 0) is 31.0 Å².